The third-order valence-electron chi connectivity index (χ3n) is 4.79. The van der Waals surface area contributed by atoms with E-state index in [1.807, 2.05) is 0 Å². The highest BCUT2D eigenvalue weighted by molar-refractivity contribution is 4.83. The van der Waals surface area contributed by atoms with Gasteiger partial charge in [-0.3, -0.25) is 0 Å². The number of halogens is 2. The molecule has 2 rings (SSSR count). The summed E-state index contributed by atoms with van der Waals surface area (Å²) < 4.78 is 26.7. The Morgan fingerprint density at radius 2 is 1.25 bits per heavy atom. The predicted octanol–water partition coefficient (Wildman–Crippen LogP) is 4.68. The number of rotatable bonds is 2. The monoisotopic (exact) mass is 230 g/mol. The van der Waals surface area contributed by atoms with Crippen LogP contribution in [0.2, 0.25) is 0 Å². The molecule has 16 heavy (non-hydrogen) atoms. The van der Waals surface area contributed by atoms with E-state index >= 15 is 0 Å². The number of hydrogen-bond acceptors (Lipinski definition) is 0. The van der Waals surface area contributed by atoms with Gasteiger partial charge in [0.1, 0.15) is 12.3 Å². The molecule has 2 heteroatoms. The van der Waals surface area contributed by atoms with Gasteiger partial charge in [0.15, 0.2) is 0 Å². The standard InChI is InChI=1S/C14H24F2/c1-10(11-4-2-6-13(15)8-11)12-5-3-7-14(16)9-12/h10-14H,2-9H2,1H3. The van der Waals surface area contributed by atoms with E-state index in [0.29, 0.717) is 17.8 Å². The quantitative estimate of drug-likeness (QED) is 0.646. The molecule has 0 amide bonds. The van der Waals surface area contributed by atoms with Crippen LogP contribution in [0, 0.1) is 17.8 Å². The first-order chi connectivity index (χ1) is 7.66. The lowest BCUT2D eigenvalue weighted by atomic mass is 9.70. The molecular weight excluding hydrogens is 206 g/mol. The lowest BCUT2D eigenvalue weighted by Crippen LogP contribution is -2.30. The maximum Gasteiger partial charge on any atom is 0.100 e. The lowest BCUT2D eigenvalue weighted by Gasteiger charge is -2.37. The molecule has 0 heterocycles. The molecule has 2 saturated carbocycles. The second kappa shape index (κ2) is 5.46. The number of alkyl halides is 2. The van der Waals surface area contributed by atoms with Gasteiger partial charge >= 0.3 is 0 Å². The normalized spacial score (nSPS) is 42.9. The van der Waals surface area contributed by atoms with Crippen molar-refractivity contribution in [1.82, 2.24) is 0 Å². The van der Waals surface area contributed by atoms with Crippen molar-refractivity contribution in [3.63, 3.8) is 0 Å². The predicted molar refractivity (Wildman–Crippen MR) is 62.9 cm³/mol. The Labute approximate surface area is 97.8 Å². The summed E-state index contributed by atoms with van der Waals surface area (Å²) in [5.74, 6) is 1.55. The van der Waals surface area contributed by atoms with Crippen molar-refractivity contribution in [3.8, 4) is 0 Å². The highest BCUT2D eigenvalue weighted by atomic mass is 19.1. The van der Waals surface area contributed by atoms with Gasteiger partial charge in [-0.15, -0.1) is 0 Å². The molecule has 0 aromatic rings. The summed E-state index contributed by atoms with van der Waals surface area (Å²) in [5.41, 5.74) is 0. The van der Waals surface area contributed by atoms with Crippen molar-refractivity contribution >= 4 is 0 Å². The van der Waals surface area contributed by atoms with Crippen LogP contribution in [-0.4, -0.2) is 12.3 Å². The van der Waals surface area contributed by atoms with E-state index in [4.69, 9.17) is 0 Å². The summed E-state index contributed by atoms with van der Waals surface area (Å²) in [6.07, 6.45) is 6.16. The van der Waals surface area contributed by atoms with E-state index in [-0.39, 0.29) is 0 Å². The van der Waals surface area contributed by atoms with Crippen LogP contribution in [-0.2, 0) is 0 Å². The Bertz CT molecular complexity index is 195. The average Bonchev–Trinajstić information content (AvgIpc) is 2.28. The zero-order chi connectivity index (χ0) is 11.5. The molecule has 2 aliphatic carbocycles. The van der Waals surface area contributed by atoms with Crippen molar-refractivity contribution in [2.24, 2.45) is 17.8 Å². The van der Waals surface area contributed by atoms with E-state index in [2.05, 4.69) is 6.92 Å². The van der Waals surface area contributed by atoms with Crippen LogP contribution in [0.4, 0.5) is 8.78 Å². The summed E-state index contributed by atoms with van der Waals surface area (Å²) in [4.78, 5) is 0. The topological polar surface area (TPSA) is 0 Å². The first kappa shape index (κ1) is 12.3. The molecule has 0 aromatic heterocycles. The summed E-state index contributed by atoms with van der Waals surface area (Å²) in [7, 11) is 0. The highest BCUT2D eigenvalue weighted by Gasteiger charge is 2.33. The second-order valence-electron chi connectivity index (χ2n) is 5.91. The van der Waals surface area contributed by atoms with Crippen LogP contribution in [0.15, 0.2) is 0 Å². The fourth-order valence-corrected chi connectivity index (χ4v) is 3.67. The molecule has 94 valence electrons. The lowest BCUT2D eigenvalue weighted by molar-refractivity contribution is 0.0889. The summed E-state index contributed by atoms with van der Waals surface area (Å²) in [6, 6.07) is 0. The molecule has 0 saturated heterocycles. The smallest absolute Gasteiger partial charge is 0.100 e. The molecule has 2 aliphatic rings. The molecule has 4 atom stereocenters. The first-order valence-electron chi connectivity index (χ1n) is 6.95. The molecule has 0 nitrogen and oxygen atoms in total. The minimum Gasteiger partial charge on any atom is -0.247 e. The van der Waals surface area contributed by atoms with Crippen molar-refractivity contribution in [3.05, 3.63) is 0 Å². The minimum absolute atomic E-state index is 0.513. The molecule has 0 aliphatic heterocycles. The van der Waals surface area contributed by atoms with Gasteiger partial charge in [0.2, 0.25) is 0 Å². The van der Waals surface area contributed by atoms with Gasteiger partial charge < -0.3 is 0 Å². The molecule has 0 bridgehead atoms. The van der Waals surface area contributed by atoms with Crippen LogP contribution in [0.1, 0.15) is 58.3 Å². The van der Waals surface area contributed by atoms with Crippen LogP contribution >= 0.6 is 0 Å². The molecular formula is C14H24F2. The fraction of sp³-hybridized carbons (Fsp3) is 1.00. The highest BCUT2D eigenvalue weighted by Crippen LogP contribution is 2.40. The number of hydrogen-bond donors (Lipinski definition) is 0. The van der Waals surface area contributed by atoms with Crippen molar-refractivity contribution in [2.45, 2.75) is 70.6 Å². The Kier molecular flexibility index (Phi) is 4.21. The van der Waals surface area contributed by atoms with Gasteiger partial charge in [-0.05, 0) is 56.3 Å². The minimum atomic E-state index is -0.592. The van der Waals surface area contributed by atoms with E-state index < -0.39 is 12.3 Å². The third-order valence-corrected chi connectivity index (χ3v) is 4.79. The van der Waals surface area contributed by atoms with Crippen LogP contribution in [0.3, 0.4) is 0 Å². The van der Waals surface area contributed by atoms with Gasteiger partial charge in [0.05, 0.1) is 0 Å². The van der Waals surface area contributed by atoms with E-state index in [1.54, 1.807) is 0 Å². The summed E-state index contributed by atoms with van der Waals surface area (Å²) in [6.45, 7) is 2.23. The van der Waals surface area contributed by atoms with Crippen LogP contribution < -0.4 is 0 Å². The first-order valence-corrected chi connectivity index (χ1v) is 6.95. The van der Waals surface area contributed by atoms with Gasteiger partial charge in [0, 0.05) is 0 Å². The Morgan fingerprint density at radius 1 is 0.812 bits per heavy atom. The second-order valence-corrected chi connectivity index (χ2v) is 5.91. The summed E-state index contributed by atoms with van der Waals surface area (Å²) >= 11 is 0. The largest absolute Gasteiger partial charge is 0.247 e. The van der Waals surface area contributed by atoms with Crippen molar-refractivity contribution in [2.75, 3.05) is 0 Å². The van der Waals surface area contributed by atoms with Gasteiger partial charge in [0.25, 0.3) is 0 Å². The fourth-order valence-electron chi connectivity index (χ4n) is 3.67. The van der Waals surface area contributed by atoms with Crippen LogP contribution in [0.5, 0.6) is 0 Å². The Balaban J connectivity index is 1.87. The van der Waals surface area contributed by atoms with Crippen molar-refractivity contribution in [1.29, 1.82) is 0 Å². The van der Waals surface area contributed by atoms with Gasteiger partial charge in [-0.2, -0.15) is 0 Å². The maximum absolute atomic E-state index is 13.4. The molecule has 0 spiro atoms. The molecule has 0 N–H and O–H groups in total. The SMILES string of the molecule is CC(C1CCCC(F)C1)C1CCCC(F)C1. The van der Waals surface area contributed by atoms with Gasteiger partial charge in [-0.1, -0.05) is 19.8 Å². The van der Waals surface area contributed by atoms with E-state index in [9.17, 15) is 8.78 Å². The zero-order valence-electron chi connectivity index (χ0n) is 10.3. The van der Waals surface area contributed by atoms with Crippen LogP contribution in [0.25, 0.3) is 0 Å². The average molecular weight is 230 g/mol. The molecule has 4 unspecified atom stereocenters. The zero-order valence-corrected chi connectivity index (χ0v) is 10.3. The molecule has 0 aromatic carbocycles. The Hall–Kier alpha value is -0.140. The Morgan fingerprint density at radius 3 is 1.62 bits per heavy atom. The molecule has 0 radical (unpaired) electrons. The third kappa shape index (κ3) is 2.95. The van der Waals surface area contributed by atoms with Crippen molar-refractivity contribution < 1.29 is 8.78 Å². The van der Waals surface area contributed by atoms with E-state index in [0.717, 1.165) is 51.4 Å². The summed E-state index contributed by atoms with van der Waals surface area (Å²) in [5, 5.41) is 0. The van der Waals surface area contributed by atoms with Gasteiger partial charge in [-0.25, -0.2) is 8.78 Å². The molecule has 2 fully saturated rings. The van der Waals surface area contributed by atoms with E-state index in [1.165, 1.54) is 0 Å². The maximum atomic E-state index is 13.4.